The van der Waals surface area contributed by atoms with Gasteiger partial charge in [0.1, 0.15) is 0 Å². The smallest absolute Gasteiger partial charge is 0.162 e. The van der Waals surface area contributed by atoms with Crippen LogP contribution in [0, 0.1) is 0 Å². The van der Waals surface area contributed by atoms with Gasteiger partial charge in [-0.25, -0.2) is 0 Å². The summed E-state index contributed by atoms with van der Waals surface area (Å²) in [5, 5.41) is 19.8. The second-order valence-corrected chi connectivity index (χ2v) is 6.37. The molecule has 0 aliphatic heterocycles. The summed E-state index contributed by atoms with van der Waals surface area (Å²) in [6, 6.07) is 0. The second kappa shape index (κ2) is 13.9. The van der Waals surface area contributed by atoms with E-state index in [1.807, 2.05) is 0 Å². The molecule has 2 heteroatoms. The van der Waals surface area contributed by atoms with Gasteiger partial charge in [-0.2, -0.15) is 0 Å². The van der Waals surface area contributed by atoms with E-state index in [4.69, 9.17) is 0 Å². The Morgan fingerprint density at radius 1 is 0.500 bits per heavy atom. The molecule has 0 amide bonds. The third-order valence-corrected chi connectivity index (χ3v) is 4.11. The SMILES string of the molecule is CCCCCCCCCC(O)(O)CCCCCCCC. The maximum Gasteiger partial charge on any atom is 0.162 e. The minimum absolute atomic E-state index is 0.551. The van der Waals surface area contributed by atoms with E-state index in [9.17, 15) is 10.2 Å². The van der Waals surface area contributed by atoms with E-state index in [-0.39, 0.29) is 0 Å². The normalized spacial score (nSPS) is 12.0. The van der Waals surface area contributed by atoms with Crippen LogP contribution in [0.1, 0.15) is 110 Å². The standard InChI is InChI=1S/C18H38O2/c1-3-5-7-9-11-13-15-17-18(19,20)16-14-12-10-8-6-4-2/h19-20H,3-17H2,1-2H3. The largest absolute Gasteiger partial charge is 0.366 e. The quantitative estimate of drug-likeness (QED) is 0.306. The average Bonchev–Trinajstić information content (AvgIpc) is 2.41. The average molecular weight is 286 g/mol. The molecular weight excluding hydrogens is 248 g/mol. The first kappa shape index (κ1) is 19.9. The van der Waals surface area contributed by atoms with Crippen molar-refractivity contribution < 1.29 is 10.2 Å². The van der Waals surface area contributed by atoms with E-state index >= 15 is 0 Å². The van der Waals surface area contributed by atoms with Crippen LogP contribution in [0.25, 0.3) is 0 Å². The van der Waals surface area contributed by atoms with Crippen LogP contribution in [0.3, 0.4) is 0 Å². The first-order chi connectivity index (χ1) is 9.62. The van der Waals surface area contributed by atoms with Crippen LogP contribution in [-0.4, -0.2) is 16.0 Å². The molecule has 0 aliphatic rings. The highest BCUT2D eigenvalue weighted by Crippen LogP contribution is 2.20. The summed E-state index contributed by atoms with van der Waals surface area (Å²) in [6.07, 6.45) is 16.9. The lowest BCUT2D eigenvalue weighted by atomic mass is 9.99. The Hall–Kier alpha value is -0.0800. The van der Waals surface area contributed by atoms with E-state index in [1.165, 1.54) is 57.8 Å². The molecule has 0 spiro atoms. The van der Waals surface area contributed by atoms with Crippen molar-refractivity contribution in [1.29, 1.82) is 0 Å². The molecule has 20 heavy (non-hydrogen) atoms. The zero-order chi connectivity index (χ0) is 15.1. The van der Waals surface area contributed by atoms with Crippen molar-refractivity contribution in [2.24, 2.45) is 0 Å². The van der Waals surface area contributed by atoms with Crippen LogP contribution in [0.5, 0.6) is 0 Å². The van der Waals surface area contributed by atoms with Crippen LogP contribution in [0.4, 0.5) is 0 Å². The summed E-state index contributed by atoms with van der Waals surface area (Å²) in [5.41, 5.74) is 0. The molecule has 0 unspecified atom stereocenters. The number of rotatable bonds is 15. The molecule has 0 aromatic heterocycles. The van der Waals surface area contributed by atoms with Gasteiger partial charge in [0.15, 0.2) is 5.79 Å². The predicted octanol–water partition coefficient (Wildman–Crippen LogP) is 5.56. The Balaban J connectivity index is 3.35. The van der Waals surface area contributed by atoms with Gasteiger partial charge >= 0.3 is 0 Å². The molecule has 0 atom stereocenters. The van der Waals surface area contributed by atoms with Crippen molar-refractivity contribution in [3.8, 4) is 0 Å². The van der Waals surface area contributed by atoms with Crippen molar-refractivity contribution in [3.05, 3.63) is 0 Å². The minimum Gasteiger partial charge on any atom is -0.366 e. The summed E-state index contributed by atoms with van der Waals surface area (Å²) in [4.78, 5) is 0. The Morgan fingerprint density at radius 3 is 1.15 bits per heavy atom. The van der Waals surface area contributed by atoms with Crippen molar-refractivity contribution in [3.63, 3.8) is 0 Å². The van der Waals surface area contributed by atoms with Crippen LogP contribution < -0.4 is 0 Å². The van der Waals surface area contributed by atoms with Gasteiger partial charge in [-0.15, -0.1) is 0 Å². The van der Waals surface area contributed by atoms with Crippen molar-refractivity contribution >= 4 is 0 Å². The number of aliphatic hydroxyl groups is 2. The van der Waals surface area contributed by atoms with E-state index < -0.39 is 5.79 Å². The van der Waals surface area contributed by atoms with E-state index in [2.05, 4.69) is 13.8 Å². The van der Waals surface area contributed by atoms with Crippen LogP contribution in [-0.2, 0) is 0 Å². The summed E-state index contributed by atoms with van der Waals surface area (Å²) in [5.74, 6) is -1.41. The van der Waals surface area contributed by atoms with Gasteiger partial charge in [-0.05, 0) is 12.8 Å². The maximum absolute atomic E-state index is 9.91. The molecule has 0 saturated heterocycles. The zero-order valence-electron chi connectivity index (χ0n) is 14.0. The highest BCUT2D eigenvalue weighted by Gasteiger charge is 2.21. The first-order valence-corrected chi connectivity index (χ1v) is 9.07. The lowest BCUT2D eigenvalue weighted by Crippen LogP contribution is -2.27. The van der Waals surface area contributed by atoms with Gasteiger partial charge in [-0.3, -0.25) is 0 Å². The molecule has 0 rings (SSSR count). The number of hydrogen-bond donors (Lipinski definition) is 2. The third-order valence-electron chi connectivity index (χ3n) is 4.11. The summed E-state index contributed by atoms with van der Waals surface area (Å²) < 4.78 is 0. The summed E-state index contributed by atoms with van der Waals surface area (Å²) in [7, 11) is 0. The molecule has 0 aromatic rings. The van der Waals surface area contributed by atoms with Crippen molar-refractivity contribution in [1.82, 2.24) is 0 Å². The Bertz CT molecular complexity index is 190. The molecule has 2 N–H and O–H groups in total. The monoisotopic (exact) mass is 286 g/mol. The lowest BCUT2D eigenvalue weighted by Gasteiger charge is -2.21. The van der Waals surface area contributed by atoms with Gasteiger partial charge < -0.3 is 10.2 Å². The molecule has 0 saturated carbocycles. The molecule has 0 aromatic carbocycles. The Labute approximate surface area is 127 Å². The molecular formula is C18H38O2. The van der Waals surface area contributed by atoms with E-state index in [0.717, 1.165) is 25.7 Å². The molecule has 0 aliphatic carbocycles. The molecule has 0 bridgehead atoms. The fourth-order valence-electron chi connectivity index (χ4n) is 2.68. The molecule has 0 fully saturated rings. The Kier molecular flexibility index (Phi) is 13.8. The fraction of sp³-hybridized carbons (Fsp3) is 1.00. The fourth-order valence-corrected chi connectivity index (χ4v) is 2.68. The van der Waals surface area contributed by atoms with Crippen molar-refractivity contribution in [2.45, 2.75) is 116 Å². The molecule has 0 heterocycles. The lowest BCUT2D eigenvalue weighted by molar-refractivity contribution is -0.172. The number of hydrogen-bond acceptors (Lipinski definition) is 2. The highest BCUT2D eigenvalue weighted by atomic mass is 16.5. The summed E-state index contributed by atoms with van der Waals surface area (Å²) in [6.45, 7) is 4.45. The zero-order valence-corrected chi connectivity index (χ0v) is 14.0. The van der Waals surface area contributed by atoms with Gasteiger partial charge in [0.2, 0.25) is 0 Å². The summed E-state index contributed by atoms with van der Waals surface area (Å²) >= 11 is 0. The predicted molar refractivity (Wildman–Crippen MR) is 87.8 cm³/mol. The maximum atomic E-state index is 9.91. The van der Waals surface area contributed by atoms with Crippen LogP contribution >= 0.6 is 0 Å². The molecule has 122 valence electrons. The van der Waals surface area contributed by atoms with E-state index in [1.54, 1.807) is 0 Å². The molecule has 2 nitrogen and oxygen atoms in total. The molecule has 0 radical (unpaired) electrons. The van der Waals surface area contributed by atoms with Crippen LogP contribution in [0.2, 0.25) is 0 Å². The highest BCUT2D eigenvalue weighted by molar-refractivity contribution is 4.65. The topological polar surface area (TPSA) is 40.5 Å². The Morgan fingerprint density at radius 2 is 0.800 bits per heavy atom. The second-order valence-electron chi connectivity index (χ2n) is 6.37. The van der Waals surface area contributed by atoms with Crippen molar-refractivity contribution in [2.75, 3.05) is 0 Å². The first-order valence-electron chi connectivity index (χ1n) is 9.07. The van der Waals surface area contributed by atoms with Crippen LogP contribution in [0.15, 0.2) is 0 Å². The minimum atomic E-state index is -1.41. The van der Waals surface area contributed by atoms with Gasteiger partial charge in [0.05, 0.1) is 0 Å². The van der Waals surface area contributed by atoms with Gasteiger partial charge in [0.25, 0.3) is 0 Å². The third kappa shape index (κ3) is 14.3. The van der Waals surface area contributed by atoms with Gasteiger partial charge in [-0.1, -0.05) is 84.5 Å². The van der Waals surface area contributed by atoms with Gasteiger partial charge in [0, 0.05) is 12.8 Å². The number of unbranched alkanes of at least 4 members (excludes halogenated alkanes) is 11. The van der Waals surface area contributed by atoms with E-state index in [0.29, 0.717) is 12.8 Å².